The lowest BCUT2D eigenvalue weighted by atomic mass is 10.2. The molecule has 0 aliphatic rings. The second-order valence-corrected chi connectivity index (χ2v) is 4.01. The Hall–Kier alpha value is -2.17. The van der Waals surface area contributed by atoms with E-state index in [1.54, 1.807) is 11.8 Å². The fourth-order valence-corrected chi connectivity index (χ4v) is 1.79. The van der Waals surface area contributed by atoms with Gasteiger partial charge < -0.3 is 15.2 Å². The van der Waals surface area contributed by atoms with Crippen molar-refractivity contribution in [3.8, 4) is 11.5 Å². The third-order valence-corrected chi connectivity index (χ3v) is 2.84. The molecule has 1 heterocycles. The minimum atomic E-state index is 0.381. The number of hydrogen-bond donors (Lipinski definition) is 1. The van der Waals surface area contributed by atoms with Crippen molar-refractivity contribution in [1.82, 2.24) is 9.78 Å². The van der Waals surface area contributed by atoms with E-state index in [4.69, 9.17) is 15.2 Å². The molecule has 2 aromatic rings. The van der Waals surface area contributed by atoms with Crippen molar-refractivity contribution in [2.45, 2.75) is 13.5 Å². The van der Waals surface area contributed by atoms with E-state index in [2.05, 4.69) is 5.10 Å². The fourth-order valence-electron chi connectivity index (χ4n) is 1.79. The zero-order valence-corrected chi connectivity index (χ0v) is 10.8. The second kappa shape index (κ2) is 5.00. The van der Waals surface area contributed by atoms with E-state index in [1.807, 2.05) is 38.2 Å². The normalized spacial score (nSPS) is 10.4. The first kappa shape index (κ1) is 12.3. The van der Waals surface area contributed by atoms with Crippen LogP contribution in [-0.4, -0.2) is 16.9 Å². The molecule has 18 heavy (non-hydrogen) atoms. The first-order chi connectivity index (χ1) is 8.63. The van der Waals surface area contributed by atoms with Crippen LogP contribution in [0.3, 0.4) is 0 Å². The van der Waals surface area contributed by atoms with Crippen molar-refractivity contribution in [2.75, 3.05) is 12.8 Å². The van der Waals surface area contributed by atoms with Crippen molar-refractivity contribution in [3.63, 3.8) is 0 Å². The van der Waals surface area contributed by atoms with Gasteiger partial charge in [-0.05, 0) is 19.1 Å². The SMILES string of the molecule is COc1ccccc1OCc1c(C)nn(C)c1N. The number of hydrogen-bond acceptors (Lipinski definition) is 4. The molecule has 0 aliphatic heterocycles. The van der Waals surface area contributed by atoms with E-state index in [9.17, 15) is 0 Å². The molecule has 0 aliphatic carbocycles. The van der Waals surface area contributed by atoms with Crippen LogP contribution in [0.5, 0.6) is 11.5 Å². The predicted octanol–water partition coefficient (Wildman–Crippen LogP) is 1.90. The van der Waals surface area contributed by atoms with Crippen LogP contribution in [0.1, 0.15) is 11.3 Å². The Bertz CT molecular complexity index is 549. The molecule has 1 aromatic carbocycles. The minimum Gasteiger partial charge on any atom is -0.493 e. The van der Waals surface area contributed by atoms with Crippen LogP contribution >= 0.6 is 0 Å². The van der Waals surface area contributed by atoms with Gasteiger partial charge in [0.2, 0.25) is 0 Å². The van der Waals surface area contributed by atoms with Gasteiger partial charge in [0.1, 0.15) is 12.4 Å². The number of nitrogens with two attached hydrogens (primary N) is 1. The molecule has 2 rings (SSSR count). The van der Waals surface area contributed by atoms with E-state index >= 15 is 0 Å². The quantitative estimate of drug-likeness (QED) is 0.896. The highest BCUT2D eigenvalue weighted by molar-refractivity contribution is 5.44. The molecule has 0 fully saturated rings. The topological polar surface area (TPSA) is 62.3 Å². The fraction of sp³-hybridized carbons (Fsp3) is 0.308. The van der Waals surface area contributed by atoms with Gasteiger partial charge >= 0.3 is 0 Å². The Kier molecular flexibility index (Phi) is 3.41. The molecule has 0 spiro atoms. The molecule has 0 atom stereocenters. The Morgan fingerprint density at radius 3 is 2.50 bits per heavy atom. The number of aryl methyl sites for hydroxylation is 2. The molecule has 0 radical (unpaired) electrons. The minimum absolute atomic E-state index is 0.381. The Morgan fingerprint density at radius 1 is 1.28 bits per heavy atom. The Morgan fingerprint density at radius 2 is 1.94 bits per heavy atom. The van der Waals surface area contributed by atoms with Gasteiger partial charge in [-0.25, -0.2) is 0 Å². The summed E-state index contributed by atoms with van der Waals surface area (Å²) in [5.41, 5.74) is 7.71. The molecule has 5 nitrogen and oxygen atoms in total. The van der Waals surface area contributed by atoms with Gasteiger partial charge in [-0.3, -0.25) is 4.68 Å². The number of nitrogen functional groups attached to an aromatic ring is 1. The van der Waals surface area contributed by atoms with E-state index in [1.165, 1.54) is 0 Å². The van der Waals surface area contributed by atoms with Crippen LogP contribution in [-0.2, 0) is 13.7 Å². The summed E-state index contributed by atoms with van der Waals surface area (Å²) in [5, 5.41) is 4.25. The lowest BCUT2D eigenvalue weighted by Crippen LogP contribution is -2.03. The van der Waals surface area contributed by atoms with Crippen molar-refractivity contribution >= 4 is 5.82 Å². The zero-order valence-electron chi connectivity index (χ0n) is 10.8. The predicted molar refractivity (Wildman–Crippen MR) is 69.7 cm³/mol. The summed E-state index contributed by atoms with van der Waals surface area (Å²) < 4.78 is 12.6. The van der Waals surface area contributed by atoms with Crippen LogP contribution in [0, 0.1) is 6.92 Å². The molecule has 96 valence electrons. The van der Waals surface area contributed by atoms with E-state index < -0.39 is 0 Å². The molecule has 5 heteroatoms. The first-order valence-electron chi connectivity index (χ1n) is 5.67. The van der Waals surface area contributed by atoms with Crippen LogP contribution in [0.2, 0.25) is 0 Å². The van der Waals surface area contributed by atoms with Crippen LogP contribution < -0.4 is 15.2 Å². The lowest BCUT2D eigenvalue weighted by molar-refractivity contribution is 0.284. The number of nitrogens with zero attached hydrogens (tertiary/aromatic N) is 2. The van der Waals surface area contributed by atoms with Crippen molar-refractivity contribution in [2.24, 2.45) is 7.05 Å². The number of anilines is 1. The van der Waals surface area contributed by atoms with Gasteiger partial charge in [0.15, 0.2) is 11.5 Å². The highest BCUT2D eigenvalue weighted by Gasteiger charge is 2.11. The molecular formula is C13H17N3O2. The summed E-state index contributed by atoms with van der Waals surface area (Å²) in [6.45, 7) is 2.29. The first-order valence-corrected chi connectivity index (χ1v) is 5.67. The van der Waals surface area contributed by atoms with Gasteiger partial charge in [-0.1, -0.05) is 12.1 Å². The largest absolute Gasteiger partial charge is 0.493 e. The Balaban J connectivity index is 2.16. The van der Waals surface area contributed by atoms with Crippen molar-refractivity contribution in [1.29, 1.82) is 0 Å². The average molecular weight is 247 g/mol. The zero-order chi connectivity index (χ0) is 13.1. The maximum absolute atomic E-state index is 5.93. The summed E-state index contributed by atoms with van der Waals surface area (Å²) >= 11 is 0. The standard InChI is InChI=1S/C13H17N3O2/c1-9-10(13(14)16(2)15-9)8-18-12-7-5-4-6-11(12)17-3/h4-7H,8,14H2,1-3H3. The third kappa shape index (κ3) is 2.25. The monoisotopic (exact) mass is 247 g/mol. The number of benzene rings is 1. The van der Waals surface area contributed by atoms with Gasteiger partial charge in [0.25, 0.3) is 0 Å². The highest BCUT2D eigenvalue weighted by Crippen LogP contribution is 2.27. The van der Waals surface area contributed by atoms with E-state index in [0.29, 0.717) is 23.9 Å². The lowest BCUT2D eigenvalue weighted by Gasteiger charge is -2.10. The number of rotatable bonds is 4. The number of ether oxygens (including phenoxy) is 2. The molecule has 0 amide bonds. The van der Waals surface area contributed by atoms with Gasteiger partial charge in [-0.15, -0.1) is 0 Å². The molecule has 0 saturated heterocycles. The molecule has 0 bridgehead atoms. The number of para-hydroxylation sites is 2. The number of methoxy groups -OCH3 is 1. The second-order valence-electron chi connectivity index (χ2n) is 4.01. The van der Waals surface area contributed by atoms with Crippen molar-refractivity contribution < 1.29 is 9.47 Å². The summed E-state index contributed by atoms with van der Waals surface area (Å²) in [7, 11) is 3.43. The summed E-state index contributed by atoms with van der Waals surface area (Å²) in [5.74, 6) is 2.03. The maximum atomic E-state index is 5.93. The van der Waals surface area contributed by atoms with Crippen molar-refractivity contribution in [3.05, 3.63) is 35.5 Å². The summed E-state index contributed by atoms with van der Waals surface area (Å²) in [6, 6.07) is 7.52. The molecular weight excluding hydrogens is 230 g/mol. The van der Waals surface area contributed by atoms with E-state index in [0.717, 1.165) is 11.3 Å². The van der Waals surface area contributed by atoms with E-state index in [-0.39, 0.29) is 0 Å². The molecule has 1 aromatic heterocycles. The maximum Gasteiger partial charge on any atom is 0.161 e. The Labute approximate surface area is 106 Å². The van der Waals surface area contributed by atoms with Gasteiger partial charge in [0, 0.05) is 7.05 Å². The molecule has 0 saturated carbocycles. The smallest absolute Gasteiger partial charge is 0.161 e. The van der Waals surface area contributed by atoms with Crippen LogP contribution in [0.4, 0.5) is 5.82 Å². The molecule has 0 unspecified atom stereocenters. The van der Waals surface area contributed by atoms with Gasteiger partial charge in [0.05, 0.1) is 18.4 Å². The molecule has 2 N–H and O–H groups in total. The van der Waals surface area contributed by atoms with Gasteiger partial charge in [-0.2, -0.15) is 5.10 Å². The summed E-state index contributed by atoms with van der Waals surface area (Å²) in [6.07, 6.45) is 0. The van der Waals surface area contributed by atoms with Crippen LogP contribution in [0.15, 0.2) is 24.3 Å². The number of aromatic nitrogens is 2. The average Bonchev–Trinajstić information content (AvgIpc) is 2.62. The third-order valence-electron chi connectivity index (χ3n) is 2.84. The van der Waals surface area contributed by atoms with Crippen LogP contribution in [0.25, 0.3) is 0 Å². The highest BCUT2D eigenvalue weighted by atomic mass is 16.5. The summed E-state index contributed by atoms with van der Waals surface area (Å²) in [4.78, 5) is 0.